The predicted molar refractivity (Wildman–Crippen MR) is 100 cm³/mol. The molecule has 0 saturated carbocycles. The van der Waals surface area contributed by atoms with E-state index in [4.69, 9.17) is 9.47 Å². The molecular formula is C19H17BrN2O3. The second kappa shape index (κ2) is 7.53. The zero-order valence-electron chi connectivity index (χ0n) is 13.9. The molecule has 0 N–H and O–H groups in total. The van der Waals surface area contributed by atoms with Crippen LogP contribution in [0, 0.1) is 0 Å². The van der Waals surface area contributed by atoms with Gasteiger partial charge in [-0.1, -0.05) is 28.1 Å². The summed E-state index contributed by atoms with van der Waals surface area (Å²) in [7, 11) is 3.20. The van der Waals surface area contributed by atoms with E-state index in [-0.39, 0.29) is 5.56 Å². The molecule has 0 unspecified atom stereocenters. The quantitative estimate of drug-likeness (QED) is 0.654. The third kappa shape index (κ3) is 3.91. The van der Waals surface area contributed by atoms with E-state index in [2.05, 4.69) is 21.0 Å². The molecule has 3 aromatic rings. The molecule has 0 radical (unpaired) electrons. The van der Waals surface area contributed by atoms with Crippen LogP contribution >= 0.6 is 15.9 Å². The first-order valence-electron chi connectivity index (χ1n) is 7.65. The highest BCUT2D eigenvalue weighted by molar-refractivity contribution is 9.10. The van der Waals surface area contributed by atoms with Crippen molar-refractivity contribution < 1.29 is 9.47 Å². The van der Waals surface area contributed by atoms with Crippen LogP contribution in [0.15, 0.2) is 63.9 Å². The summed E-state index contributed by atoms with van der Waals surface area (Å²) < 4.78 is 13.1. The van der Waals surface area contributed by atoms with Gasteiger partial charge in [-0.05, 0) is 42.0 Å². The molecule has 6 heteroatoms. The SMILES string of the molecule is COc1ccc(OC)c(-c2ccc(=O)n(Cc3ccc(Br)cc3)n2)c1. The van der Waals surface area contributed by atoms with Crippen LogP contribution in [-0.2, 0) is 6.54 Å². The van der Waals surface area contributed by atoms with Crippen LogP contribution in [0.3, 0.4) is 0 Å². The van der Waals surface area contributed by atoms with Crippen molar-refractivity contribution in [1.82, 2.24) is 9.78 Å². The highest BCUT2D eigenvalue weighted by Gasteiger charge is 2.11. The van der Waals surface area contributed by atoms with Gasteiger partial charge in [-0.25, -0.2) is 4.68 Å². The number of ether oxygens (including phenoxy) is 2. The van der Waals surface area contributed by atoms with E-state index < -0.39 is 0 Å². The van der Waals surface area contributed by atoms with Crippen LogP contribution in [0.25, 0.3) is 11.3 Å². The van der Waals surface area contributed by atoms with E-state index in [0.29, 0.717) is 23.7 Å². The zero-order chi connectivity index (χ0) is 17.8. The fourth-order valence-electron chi connectivity index (χ4n) is 2.48. The van der Waals surface area contributed by atoms with Gasteiger partial charge in [0.2, 0.25) is 0 Å². The summed E-state index contributed by atoms with van der Waals surface area (Å²) in [6.07, 6.45) is 0. The highest BCUT2D eigenvalue weighted by Crippen LogP contribution is 2.31. The topological polar surface area (TPSA) is 53.4 Å². The minimum absolute atomic E-state index is 0.159. The minimum Gasteiger partial charge on any atom is -0.497 e. The average Bonchev–Trinajstić information content (AvgIpc) is 2.64. The molecule has 128 valence electrons. The van der Waals surface area contributed by atoms with E-state index >= 15 is 0 Å². The molecule has 0 aliphatic heterocycles. The van der Waals surface area contributed by atoms with E-state index in [1.54, 1.807) is 20.3 Å². The second-order valence-electron chi connectivity index (χ2n) is 5.41. The lowest BCUT2D eigenvalue weighted by Gasteiger charge is -2.12. The molecule has 1 heterocycles. The molecule has 0 atom stereocenters. The van der Waals surface area contributed by atoms with Crippen LogP contribution in [0.2, 0.25) is 0 Å². The molecule has 1 aromatic heterocycles. The van der Waals surface area contributed by atoms with E-state index in [9.17, 15) is 4.79 Å². The van der Waals surface area contributed by atoms with Crippen molar-refractivity contribution in [3.63, 3.8) is 0 Å². The van der Waals surface area contributed by atoms with Crippen LogP contribution in [0.4, 0.5) is 0 Å². The fourth-order valence-corrected chi connectivity index (χ4v) is 2.75. The maximum Gasteiger partial charge on any atom is 0.267 e. The number of nitrogens with zero attached hydrogens (tertiary/aromatic N) is 2. The van der Waals surface area contributed by atoms with Gasteiger partial charge in [0.25, 0.3) is 5.56 Å². The Kier molecular flexibility index (Phi) is 5.19. The van der Waals surface area contributed by atoms with Gasteiger partial charge in [-0.3, -0.25) is 4.79 Å². The summed E-state index contributed by atoms with van der Waals surface area (Å²) in [6, 6.07) is 16.5. The maximum absolute atomic E-state index is 12.2. The summed E-state index contributed by atoms with van der Waals surface area (Å²) in [5, 5.41) is 4.50. The number of benzene rings is 2. The Morgan fingerprint density at radius 3 is 2.44 bits per heavy atom. The molecule has 25 heavy (non-hydrogen) atoms. The van der Waals surface area contributed by atoms with Gasteiger partial charge in [0.15, 0.2) is 0 Å². The minimum atomic E-state index is -0.159. The summed E-state index contributed by atoms with van der Waals surface area (Å²) in [4.78, 5) is 12.2. The molecule has 0 amide bonds. The van der Waals surface area contributed by atoms with Crippen LogP contribution in [0.5, 0.6) is 11.5 Å². The molecule has 5 nitrogen and oxygen atoms in total. The number of aromatic nitrogens is 2. The fraction of sp³-hybridized carbons (Fsp3) is 0.158. The smallest absolute Gasteiger partial charge is 0.267 e. The third-order valence-electron chi connectivity index (χ3n) is 3.79. The molecule has 0 saturated heterocycles. The molecule has 0 bridgehead atoms. The van der Waals surface area contributed by atoms with Crippen molar-refractivity contribution in [1.29, 1.82) is 0 Å². The van der Waals surface area contributed by atoms with Gasteiger partial charge in [-0.15, -0.1) is 0 Å². The number of hydrogen-bond acceptors (Lipinski definition) is 4. The summed E-state index contributed by atoms with van der Waals surface area (Å²) in [5.74, 6) is 1.37. The van der Waals surface area contributed by atoms with Crippen LogP contribution < -0.4 is 15.0 Å². The van der Waals surface area contributed by atoms with Crippen LogP contribution in [-0.4, -0.2) is 24.0 Å². The number of methoxy groups -OCH3 is 2. The average molecular weight is 401 g/mol. The van der Waals surface area contributed by atoms with E-state index in [1.165, 1.54) is 10.7 Å². The molecule has 3 rings (SSSR count). The van der Waals surface area contributed by atoms with Crippen molar-refractivity contribution in [3.05, 3.63) is 75.0 Å². The predicted octanol–water partition coefficient (Wildman–Crippen LogP) is 3.74. The molecular weight excluding hydrogens is 384 g/mol. The zero-order valence-corrected chi connectivity index (χ0v) is 15.5. The largest absolute Gasteiger partial charge is 0.497 e. The first kappa shape index (κ1) is 17.2. The van der Waals surface area contributed by atoms with Crippen LogP contribution in [0.1, 0.15) is 5.56 Å². The first-order chi connectivity index (χ1) is 12.1. The van der Waals surface area contributed by atoms with Crippen molar-refractivity contribution in [2.45, 2.75) is 6.54 Å². The van der Waals surface area contributed by atoms with Gasteiger partial charge >= 0.3 is 0 Å². The lowest BCUT2D eigenvalue weighted by Crippen LogP contribution is -2.22. The number of halogens is 1. The molecule has 0 fully saturated rings. The maximum atomic E-state index is 12.2. The lowest BCUT2D eigenvalue weighted by atomic mass is 10.1. The lowest BCUT2D eigenvalue weighted by molar-refractivity contribution is 0.404. The standard InChI is InChI=1S/C19H17BrN2O3/c1-24-15-7-9-18(25-2)16(11-15)17-8-10-19(23)22(21-17)12-13-3-5-14(20)6-4-13/h3-11H,12H2,1-2H3. The van der Waals surface area contributed by atoms with Crippen molar-refractivity contribution in [3.8, 4) is 22.8 Å². The summed E-state index contributed by atoms with van der Waals surface area (Å²) >= 11 is 3.41. The third-order valence-corrected chi connectivity index (χ3v) is 4.32. The highest BCUT2D eigenvalue weighted by atomic mass is 79.9. The summed E-state index contributed by atoms with van der Waals surface area (Å²) in [6.45, 7) is 0.395. The Morgan fingerprint density at radius 2 is 1.76 bits per heavy atom. The molecule has 0 aliphatic carbocycles. The van der Waals surface area contributed by atoms with Gasteiger partial charge in [0.1, 0.15) is 11.5 Å². The van der Waals surface area contributed by atoms with E-state index in [0.717, 1.165) is 15.6 Å². The van der Waals surface area contributed by atoms with Gasteiger partial charge in [0, 0.05) is 16.1 Å². The Labute approximate surface area is 154 Å². The van der Waals surface area contributed by atoms with Gasteiger partial charge in [-0.2, -0.15) is 5.10 Å². The Hall–Kier alpha value is -2.60. The molecule has 0 aliphatic rings. The number of hydrogen-bond donors (Lipinski definition) is 0. The number of rotatable bonds is 5. The Morgan fingerprint density at radius 1 is 1.00 bits per heavy atom. The second-order valence-corrected chi connectivity index (χ2v) is 6.32. The first-order valence-corrected chi connectivity index (χ1v) is 8.45. The Bertz CT molecular complexity index is 936. The monoisotopic (exact) mass is 400 g/mol. The van der Waals surface area contributed by atoms with Gasteiger partial charge in [0.05, 0.1) is 26.5 Å². The van der Waals surface area contributed by atoms with E-state index in [1.807, 2.05) is 42.5 Å². The van der Waals surface area contributed by atoms with Gasteiger partial charge < -0.3 is 9.47 Å². The normalized spacial score (nSPS) is 10.5. The molecule has 0 spiro atoms. The van der Waals surface area contributed by atoms with Crippen molar-refractivity contribution in [2.24, 2.45) is 0 Å². The summed E-state index contributed by atoms with van der Waals surface area (Å²) in [5.41, 5.74) is 2.25. The van der Waals surface area contributed by atoms with Crippen molar-refractivity contribution in [2.75, 3.05) is 14.2 Å². The molecule has 2 aromatic carbocycles. The Balaban J connectivity index is 2.02. The van der Waals surface area contributed by atoms with Crippen molar-refractivity contribution >= 4 is 15.9 Å².